The highest BCUT2D eigenvalue weighted by Gasteiger charge is 2.12. The van der Waals surface area contributed by atoms with E-state index in [0.29, 0.717) is 0 Å². The van der Waals surface area contributed by atoms with Crippen molar-refractivity contribution in [2.75, 3.05) is 5.75 Å². The number of aromatic nitrogens is 2. The summed E-state index contributed by atoms with van der Waals surface area (Å²) in [6.45, 7) is 5.36. The fourth-order valence-electron chi connectivity index (χ4n) is 0.877. The Labute approximate surface area is 77.8 Å². The van der Waals surface area contributed by atoms with E-state index in [-0.39, 0.29) is 17.2 Å². The van der Waals surface area contributed by atoms with Crippen LogP contribution in [0.25, 0.3) is 0 Å². The zero-order valence-electron chi connectivity index (χ0n) is 7.47. The fourth-order valence-corrected chi connectivity index (χ4v) is 1.61. The van der Waals surface area contributed by atoms with E-state index in [1.165, 1.54) is 4.68 Å². The van der Waals surface area contributed by atoms with Gasteiger partial charge in [-0.2, -0.15) is 5.10 Å². The van der Waals surface area contributed by atoms with Crippen LogP contribution < -0.4 is 0 Å². The first-order chi connectivity index (χ1) is 6.06. The Kier molecular flexibility index (Phi) is 2.87. The third-order valence-electron chi connectivity index (χ3n) is 1.72. The minimum atomic E-state index is -3.13. The summed E-state index contributed by atoms with van der Waals surface area (Å²) < 4.78 is 24.1. The van der Waals surface area contributed by atoms with Gasteiger partial charge in [0.05, 0.1) is 17.2 Å². The first kappa shape index (κ1) is 9.98. The van der Waals surface area contributed by atoms with Crippen LogP contribution >= 0.6 is 0 Å². The lowest BCUT2D eigenvalue weighted by Crippen LogP contribution is -2.11. The van der Waals surface area contributed by atoms with E-state index < -0.39 is 9.84 Å². The van der Waals surface area contributed by atoms with Gasteiger partial charge in [-0.25, -0.2) is 8.42 Å². The largest absolute Gasteiger partial charge is 0.268 e. The number of allylic oxidation sites excluding steroid dienone is 1. The molecule has 0 saturated heterocycles. The van der Waals surface area contributed by atoms with Gasteiger partial charge >= 0.3 is 0 Å². The van der Waals surface area contributed by atoms with Gasteiger partial charge in [-0.05, 0) is 6.07 Å². The molecule has 0 atom stereocenters. The maximum atomic E-state index is 11.3. The van der Waals surface area contributed by atoms with Crippen molar-refractivity contribution in [1.29, 1.82) is 0 Å². The maximum Gasteiger partial charge on any atom is 0.175 e. The summed E-state index contributed by atoms with van der Waals surface area (Å²) in [6, 6.07) is 1.74. The molecule has 0 spiro atoms. The summed E-state index contributed by atoms with van der Waals surface area (Å²) in [5, 5.41) is 3.90. The van der Waals surface area contributed by atoms with Gasteiger partial charge in [-0.1, -0.05) is 13.5 Å². The molecule has 4 nitrogen and oxygen atoms in total. The third kappa shape index (κ3) is 2.42. The van der Waals surface area contributed by atoms with Crippen LogP contribution in [0.2, 0.25) is 0 Å². The van der Waals surface area contributed by atoms with Crippen LogP contribution in [0.3, 0.4) is 0 Å². The van der Waals surface area contributed by atoms with Crippen LogP contribution in [0.15, 0.2) is 29.9 Å². The summed E-state index contributed by atoms with van der Waals surface area (Å²) in [4.78, 5) is 0.207. The van der Waals surface area contributed by atoms with Gasteiger partial charge in [-0.15, -0.1) is 0 Å². The first-order valence-electron chi connectivity index (χ1n) is 3.94. The van der Waals surface area contributed by atoms with Crippen molar-refractivity contribution in [3.63, 3.8) is 0 Å². The predicted octanol–water partition coefficient (Wildman–Crippen LogP) is 0.831. The molecule has 72 valence electrons. The van der Waals surface area contributed by atoms with Crippen LogP contribution in [0, 0.1) is 0 Å². The SMILES string of the molecule is C=C(Cn1cccn1)S(=O)(=O)CC. The molecule has 0 aliphatic rings. The van der Waals surface area contributed by atoms with E-state index in [9.17, 15) is 8.42 Å². The number of hydrogen-bond donors (Lipinski definition) is 0. The zero-order chi connectivity index (χ0) is 9.90. The van der Waals surface area contributed by atoms with Crippen molar-refractivity contribution < 1.29 is 8.42 Å². The molecule has 13 heavy (non-hydrogen) atoms. The molecule has 1 aromatic rings. The molecule has 0 aromatic carbocycles. The van der Waals surface area contributed by atoms with Gasteiger partial charge in [0.1, 0.15) is 0 Å². The molecule has 1 rings (SSSR count). The Morgan fingerprint density at radius 3 is 2.77 bits per heavy atom. The molecular formula is C8H12N2O2S. The van der Waals surface area contributed by atoms with Crippen LogP contribution in [-0.4, -0.2) is 24.0 Å². The average molecular weight is 200 g/mol. The summed E-state index contributed by atoms with van der Waals surface area (Å²) in [6.07, 6.45) is 3.31. The van der Waals surface area contributed by atoms with E-state index in [2.05, 4.69) is 11.7 Å². The Hall–Kier alpha value is -1.10. The van der Waals surface area contributed by atoms with E-state index in [0.717, 1.165) is 0 Å². The lowest BCUT2D eigenvalue weighted by Gasteiger charge is -2.04. The molecule has 0 bridgehead atoms. The van der Waals surface area contributed by atoms with Crippen LogP contribution in [0.5, 0.6) is 0 Å². The van der Waals surface area contributed by atoms with Crippen molar-refractivity contribution in [2.45, 2.75) is 13.5 Å². The molecule has 0 amide bonds. The maximum absolute atomic E-state index is 11.3. The number of nitrogens with zero attached hydrogens (tertiary/aromatic N) is 2. The van der Waals surface area contributed by atoms with Crippen LogP contribution in [0.1, 0.15) is 6.92 Å². The lowest BCUT2D eigenvalue weighted by molar-refractivity contribution is 0.595. The Morgan fingerprint density at radius 2 is 2.31 bits per heavy atom. The van der Waals surface area contributed by atoms with Gasteiger partial charge < -0.3 is 0 Å². The van der Waals surface area contributed by atoms with Gasteiger partial charge in [0.25, 0.3) is 0 Å². The number of hydrogen-bond acceptors (Lipinski definition) is 3. The molecule has 0 saturated carbocycles. The summed E-state index contributed by atoms with van der Waals surface area (Å²) in [5.74, 6) is 0.0904. The Morgan fingerprint density at radius 1 is 1.62 bits per heavy atom. The van der Waals surface area contributed by atoms with Crippen molar-refractivity contribution >= 4 is 9.84 Å². The molecule has 5 heteroatoms. The van der Waals surface area contributed by atoms with Gasteiger partial charge in [0, 0.05) is 12.4 Å². The quantitative estimate of drug-likeness (QED) is 0.723. The molecular weight excluding hydrogens is 188 g/mol. The molecule has 0 N–H and O–H groups in total. The average Bonchev–Trinajstić information content (AvgIpc) is 2.57. The predicted molar refractivity (Wildman–Crippen MR) is 50.8 cm³/mol. The fraction of sp³-hybridized carbons (Fsp3) is 0.375. The molecule has 1 aromatic heterocycles. The minimum Gasteiger partial charge on any atom is -0.268 e. The molecule has 0 unspecified atom stereocenters. The number of sulfone groups is 1. The van der Waals surface area contributed by atoms with Gasteiger partial charge in [0.15, 0.2) is 9.84 Å². The van der Waals surface area contributed by atoms with E-state index in [4.69, 9.17) is 0 Å². The Bertz CT molecular complexity index is 378. The van der Waals surface area contributed by atoms with Crippen molar-refractivity contribution in [3.8, 4) is 0 Å². The van der Waals surface area contributed by atoms with Crippen molar-refractivity contribution in [2.24, 2.45) is 0 Å². The van der Waals surface area contributed by atoms with E-state index >= 15 is 0 Å². The lowest BCUT2D eigenvalue weighted by atomic mass is 10.6. The highest BCUT2D eigenvalue weighted by Crippen LogP contribution is 2.06. The third-order valence-corrected chi connectivity index (χ3v) is 3.49. The van der Waals surface area contributed by atoms with Gasteiger partial charge in [0.2, 0.25) is 0 Å². The normalized spacial score (nSPS) is 11.5. The standard InChI is InChI=1S/C8H12N2O2S/c1-3-13(11,12)8(2)7-10-6-4-5-9-10/h4-6H,2-3,7H2,1H3. The topological polar surface area (TPSA) is 52.0 Å². The highest BCUT2D eigenvalue weighted by molar-refractivity contribution is 7.95. The zero-order valence-corrected chi connectivity index (χ0v) is 8.29. The number of rotatable bonds is 4. The second-order valence-electron chi connectivity index (χ2n) is 2.65. The highest BCUT2D eigenvalue weighted by atomic mass is 32.2. The summed E-state index contributed by atoms with van der Waals surface area (Å²) >= 11 is 0. The smallest absolute Gasteiger partial charge is 0.175 e. The van der Waals surface area contributed by atoms with Crippen molar-refractivity contribution in [3.05, 3.63) is 29.9 Å². The molecule has 0 radical (unpaired) electrons. The van der Waals surface area contributed by atoms with Crippen LogP contribution in [0.4, 0.5) is 0 Å². The second kappa shape index (κ2) is 3.74. The van der Waals surface area contributed by atoms with Gasteiger partial charge in [-0.3, -0.25) is 4.68 Å². The molecule has 0 aliphatic heterocycles. The van der Waals surface area contributed by atoms with E-state index in [1.807, 2.05) is 0 Å². The Balaban J connectivity index is 2.73. The van der Waals surface area contributed by atoms with Crippen molar-refractivity contribution in [1.82, 2.24) is 9.78 Å². The first-order valence-corrected chi connectivity index (χ1v) is 5.59. The summed E-state index contributed by atoms with van der Waals surface area (Å²) in [5.41, 5.74) is 0. The minimum absolute atomic E-state index is 0.0904. The molecule has 0 aliphatic carbocycles. The summed E-state index contributed by atoms with van der Waals surface area (Å²) in [7, 11) is -3.13. The van der Waals surface area contributed by atoms with Crippen LogP contribution in [-0.2, 0) is 16.4 Å². The monoisotopic (exact) mass is 200 g/mol. The van der Waals surface area contributed by atoms with E-state index in [1.54, 1.807) is 25.4 Å². The second-order valence-corrected chi connectivity index (χ2v) is 5.03. The molecule has 1 heterocycles. The molecule has 0 fully saturated rings.